The smallest absolute Gasteiger partial charge is 0.145 e. The minimum absolute atomic E-state index is 0.860. The van der Waals surface area contributed by atoms with Gasteiger partial charge in [-0.3, -0.25) is 0 Å². The van der Waals surface area contributed by atoms with Crippen molar-refractivity contribution in [2.45, 2.75) is 0 Å². The lowest BCUT2D eigenvalue weighted by Gasteiger charge is -2.09. The monoisotopic (exact) mass is 773 g/mol. The van der Waals surface area contributed by atoms with Gasteiger partial charge in [0.2, 0.25) is 0 Å². The zero-order chi connectivity index (χ0) is 38.3. The second-order valence-corrected chi connectivity index (χ2v) is 16.8. The molecule has 6 heteroatoms. The van der Waals surface area contributed by atoms with Crippen LogP contribution >= 0.6 is 11.3 Å². The number of nitrogens with one attached hydrogen (secondary N) is 1. The van der Waals surface area contributed by atoms with Crippen molar-refractivity contribution in [1.82, 2.24) is 9.13 Å². The van der Waals surface area contributed by atoms with Crippen molar-refractivity contribution in [3.05, 3.63) is 169 Å². The van der Waals surface area contributed by atoms with Gasteiger partial charge in [0.05, 0.1) is 38.0 Å². The minimum atomic E-state index is 0.860. The van der Waals surface area contributed by atoms with Crippen LogP contribution in [0.1, 0.15) is 4.88 Å². The average molecular weight is 774 g/mol. The number of furan rings is 2. The first-order chi connectivity index (χ1) is 29.2. The maximum absolute atomic E-state index is 6.85. The van der Waals surface area contributed by atoms with E-state index in [-0.39, 0.29) is 0 Å². The summed E-state index contributed by atoms with van der Waals surface area (Å²) in [6, 6.07) is 57.1. The van der Waals surface area contributed by atoms with E-state index >= 15 is 0 Å². The summed E-state index contributed by atoms with van der Waals surface area (Å²) in [6.07, 6.45) is 4.42. The summed E-state index contributed by atoms with van der Waals surface area (Å²) in [7, 11) is 0. The molecular weight excluding hydrogens is 743 g/mol. The number of aromatic nitrogens is 2. The predicted octanol–water partition coefficient (Wildman–Crippen LogP) is 15.0. The molecule has 5 aromatic heterocycles. The van der Waals surface area contributed by atoms with Crippen LogP contribution in [0.25, 0.3) is 126 Å². The third-order valence-corrected chi connectivity index (χ3v) is 13.7. The first-order valence-corrected chi connectivity index (χ1v) is 20.9. The van der Waals surface area contributed by atoms with E-state index in [4.69, 9.17) is 8.83 Å². The first-order valence-electron chi connectivity index (χ1n) is 20.0. The Labute approximate surface area is 340 Å². The van der Waals surface area contributed by atoms with Crippen LogP contribution in [0.4, 0.5) is 5.69 Å². The molecule has 0 spiro atoms. The molecule has 0 radical (unpaired) electrons. The van der Waals surface area contributed by atoms with Crippen molar-refractivity contribution < 1.29 is 8.83 Å². The Bertz CT molecular complexity index is 3930. The Kier molecular flexibility index (Phi) is 6.16. The zero-order valence-electron chi connectivity index (χ0n) is 31.5. The molecule has 1 aliphatic heterocycles. The molecule has 0 unspecified atom stereocenters. The largest absolute Gasteiger partial charge is 0.456 e. The summed E-state index contributed by atoms with van der Waals surface area (Å²) in [5, 5.41) is 14.0. The molecule has 276 valence electrons. The number of hydrogen-bond acceptors (Lipinski definition) is 4. The molecule has 1 aliphatic rings. The molecule has 0 bridgehead atoms. The highest BCUT2D eigenvalue weighted by atomic mass is 32.1. The fraction of sp³-hybridized carbons (Fsp3) is 0.0189. The Balaban J connectivity index is 0.942. The van der Waals surface area contributed by atoms with E-state index in [1.54, 1.807) is 0 Å². The van der Waals surface area contributed by atoms with Crippen molar-refractivity contribution in [2.24, 2.45) is 0 Å². The van der Waals surface area contributed by atoms with Gasteiger partial charge in [0.25, 0.3) is 0 Å². The second kappa shape index (κ2) is 11.5. The minimum Gasteiger partial charge on any atom is -0.456 e. The topological polar surface area (TPSA) is 48.2 Å². The summed E-state index contributed by atoms with van der Waals surface area (Å²) in [6.45, 7) is 0.860. The van der Waals surface area contributed by atoms with E-state index in [2.05, 4.69) is 184 Å². The van der Waals surface area contributed by atoms with Crippen molar-refractivity contribution in [3.8, 4) is 22.5 Å². The quantitative estimate of drug-likeness (QED) is 0.194. The number of fused-ring (bicyclic) bond motifs is 16. The lowest BCUT2D eigenvalue weighted by molar-refractivity contribution is 0.669. The Morgan fingerprint density at radius 1 is 0.458 bits per heavy atom. The van der Waals surface area contributed by atoms with Crippen LogP contribution in [0.15, 0.2) is 173 Å². The van der Waals surface area contributed by atoms with E-state index in [1.165, 1.54) is 53.6 Å². The maximum Gasteiger partial charge on any atom is 0.145 e. The van der Waals surface area contributed by atoms with E-state index in [9.17, 15) is 0 Å². The third-order valence-electron chi connectivity index (χ3n) is 12.5. The highest BCUT2D eigenvalue weighted by molar-refractivity contribution is 7.20. The van der Waals surface area contributed by atoms with Gasteiger partial charge in [-0.1, -0.05) is 72.8 Å². The standard InChI is InChI=1S/C53H31N3O2S/c1-4-11-42-34(8-1)35-9-2-5-12-43(35)55(42)32-18-23-48-39(28-32)36-19-20-45-51(53(36)58-48)37-10-3-6-13-44(37)56(45)33-17-22-47-40(29-33)38-26-30(15-21-46(38)57-47)31-16-24-49-41(27-31)52-50(59-49)14-7-25-54-52/h1-24,26-29,54H,25H2. The fourth-order valence-corrected chi connectivity index (χ4v) is 11.0. The van der Waals surface area contributed by atoms with Gasteiger partial charge in [-0.15, -0.1) is 11.3 Å². The number of para-hydroxylation sites is 3. The summed E-state index contributed by atoms with van der Waals surface area (Å²) in [4.78, 5) is 1.29. The average Bonchev–Trinajstić information content (AvgIpc) is 4.10. The molecule has 0 amide bonds. The van der Waals surface area contributed by atoms with E-state index in [0.29, 0.717) is 0 Å². The molecule has 6 heterocycles. The van der Waals surface area contributed by atoms with Gasteiger partial charge < -0.3 is 23.3 Å². The highest BCUT2D eigenvalue weighted by Gasteiger charge is 2.21. The molecule has 5 nitrogen and oxygen atoms in total. The lowest BCUT2D eigenvalue weighted by Crippen LogP contribution is -2.01. The molecular formula is C53H31N3O2S. The van der Waals surface area contributed by atoms with Gasteiger partial charge in [-0.25, -0.2) is 0 Å². The molecule has 0 fully saturated rings. The fourth-order valence-electron chi connectivity index (χ4n) is 9.90. The summed E-state index contributed by atoms with van der Waals surface area (Å²) in [5.41, 5.74) is 14.0. The first kappa shape index (κ1) is 31.5. The Hall–Kier alpha value is -7.54. The molecule has 0 atom stereocenters. The van der Waals surface area contributed by atoms with Crippen molar-refractivity contribution in [2.75, 3.05) is 11.9 Å². The van der Waals surface area contributed by atoms with Crippen LogP contribution in [-0.2, 0) is 0 Å². The number of hydrogen-bond donors (Lipinski definition) is 1. The van der Waals surface area contributed by atoms with E-state index < -0.39 is 0 Å². The van der Waals surface area contributed by atoms with Crippen LogP contribution in [0.2, 0.25) is 0 Å². The SMILES string of the molecule is C1=Cc2sc3ccc(-c4ccc5oc6ccc(-n7c8ccccc8c8c9oc%10ccc(-n%11c%12ccccc%12c%12ccccc%12%11)cc%10c9ccc87)cc6c5c4)cc3c2NC1. The van der Waals surface area contributed by atoms with Gasteiger partial charge >= 0.3 is 0 Å². The van der Waals surface area contributed by atoms with Gasteiger partial charge in [0.15, 0.2) is 0 Å². The number of anilines is 1. The van der Waals surface area contributed by atoms with Gasteiger partial charge in [-0.05, 0) is 108 Å². The second-order valence-electron chi connectivity index (χ2n) is 15.7. The van der Waals surface area contributed by atoms with Crippen LogP contribution in [-0.4, -0.2) is 15.7 Å². The van der Waals surface area contributed by atoms with Gasteiger partial charge in [-0.2, -0.15) is 0 Å². The summed E-state index contributed by atoms with van der Waals surface area (Å²) >= 11 is 1.84. The normalized spacial score (nSPS) is 13.1. The highest BCUT2D eigenvalue weighted by Crippen LogP contribution is 2.44. The Morgan fingerprint density at radius 3 is 1.78 bits per heavy atom. The molecule has 14 rings (SSSR count). The predicted molar refractivity (Wildman–Crippen MR) is 248 cm³/mol. The van der Waals surface area contributed by atoms with Crippen molar-refractivity contribution in [3.63, 3.8) is 0 Å². The molecule has 0 aliphatic carbocycles. The Morgan fingerprint density at radius 2 is 1.03 bits per heavy atom. The zero-order valence-corrected chi connectivity index (χ0v) is 32.3. The molecule has 13 aromatic rings. The third kappa shape index (κ3) is 4.33. The summed E-state index contributed by atoms with van der Waals surface area (Å²) < 4.78 is 19.3. The number of benzene rings is 8. The van der Waals surface area contributed by atoms with E-state index in [0.717, 1.165) is 83.6 Å². The maximum atomic E-state index is 6.85. The number of rotatable bonds is 3. The van der Waals surface area contributed by atoms with Gasteiger partial charge in [0.1, 0.15) is 22.3 Å². The van der Waals surface area contributed by atoms with Crippen LogP contribution in [0, 0.1) is 0 Å². The molecule has 0 saturated carbocycles. The molecule has 8 aromatic carbocycles. The number of thiophene rings is 1. The van der Waals surface area contributed by atoms with E-state index in [1.807, 2.05) is 11.3 Å². The molecule has 0 saturated heterocycles. The van der Waals surface area contributed by atoms with Crippen molar-refractivity contribution in [1.29, 1.82) is 0 Å². The molecule has 59 heavy (non-hydrogen) atoms. The van der Waals surface area contributed by atoms with Crippen LogP contribution in [0.3, 0.4) is 0 Å². The molecule has 1 N–H and O–H groups in total. The van der Waals surface area contributed by atoms with Crippen molar-refractivity contribution >= 4 is 121 Å². The number of nitrogens with zero attached hydrogens (tertiary/aromatic N) is 2. The van der Waals surface area contributed by atoms with Crippen LogP contribution < -0.4 is 5.32 Å². The van der Waals surface area contributed by atoms with Crippen LogP contribution in [0.5, 0.6) is 0 Å². The lowest BCUT2D eigenvalue weighted by atomic mass is 10.0. The van der Waals surface area contributed by atoms with Gasteiger partial charge in [0, 0.05) is 65.7 Å². The summed E-state index contributed by atoms with van der Waals surface area (Å²) in [5.74, 6) is 0.